The summed E-state index contributed by atoms with van der Waals surface area (Å²) >= 11 is 1.80. The highest BCUT2D eigenvalue weighted by Crippen LogP contribution is 2.34. The fraction of sp³-hybridized carbons (Fsp3) is 0.440. The summed E-state index contributed by atoms with van der Waals surface area (Å²) in [4.78, 5) is 16.1. The van der Waals surface area contributed by atoms with E-state index in [1.807, 2.05) is 0 Å². The van der Waals surface area contributed by atoms with Crippen LogP contribution in [0.4, 0.5) is 11.4 Å². The summed E-state index contributed by atoms with van der Waals surface area (Å²) in [7, 11) is 0. The largest absolute Gasteiger partial charge is 0.493 e. The van der Waals surface area contributed by atoms with Crippen LogP contribution in [0.25, 0.3) is 10.1 Å². The van der Waals surface area contributed by atoms with Crippen LogP contribution in [-0.2, 0) is 9.47 Å². The van der Waals surface area contributed by atoms with Crippen LogP contribution in [0.2, 0.25) is 0 Å². The van der Waals surface area contributed by atoms with Crippen molar-refractivity contribution in [3.8, 4) is 5.75 Å². The molecule has 0 amide bonds. The molecule has 9 heteroatoms. The molecule has 2 aliphatic rings. The Hall–Kier alpha value is -2.72. The van der Waals surface area contributed by atoms with E-state index in [0.717, 1.165) is 45.6 Å². The molecule has 3 aromatic rings. The average molecular weight is 484 g/mol. The van der Waals surface area contributed by atoms with Crippen LogP contribution in [0.15, 0.2) is 47.8 Å². The predicted octanol–water partition coefficient (Wildman–Crippen LogP) is 4.84. The van der Waals surface area contributed by atoms with E-state index in [2.05, 4.69) is 39.4 Å². The first-order valence-electron chi connectivity index (χ1n) is 11.8. The van der Waals surface area contributed by atoms with E-state index in [-0.39, 0.29) is 5.69 Å². The number of thiophene rings is 1. The van der Waals surface area contributed by atoms with Gasteiger partial charge in [0.25, 0.3) is 5.69 Å². The normalized spacial score (nSPS) is 17.5. The van der Waals surface area contributed by atoms with Crippen molar-refractivity contribution in [2.24, 2.45) is 0 Å². The summed E-state index contributed by atoms with van der Waals surface area (Å²) < 4.78 is 18.0. The van der Waals surface area contributed by atoms with Crippen LogP contribution in [0.1, 0.15) is 24.7 Å². The molecule has 0 spiro atoms. The van der Waals surface area contributed by atoms with Crippen LogP contribution in [0.5, 0.6) is 5.75 Å². The van der Waals surface area contributed by atoms with Gasteiger partial charge in [-0.05, 0) is 55.1 Å². The number of hydrogen-bond donors (Lipinski definition) is 0. The minimum Gasteiger partial charge on any atom is -0.493 e. The number of fused-ring (bicyclic) bond motifs is 1. The van der Waals surface area contributed by atoms with Gasteiger partial charge in [-0.2, -0.15) is 0 Å². The third-order valence-corrected chi connectivity index (χ3v) is 7.28. The molecule has 0 unspecified atom stereocenters. The molecule has 0 radical (unpaired) electrons. The van der Waals surface area contributed by atoms with E-state index in [0.29, 0.717) is 31.1 Å². The molecule has 0 bridgehead atoms. The molecule has 2 aliphatic heterocycles. The quantitative estimate of drug-likeness (QED) is 0.245. The lowest BCUT2D eigenvalue weighted by molar-refractivity contribution is -0.386. The average Bonchev–Trinajstić information content (AvgIpc) is 3.56. The number of rotatable bonds is 9. The molecule has 0 aliphatic carbocycles. The molecule has 0 atom stereocenters. The molecule has 2 saturated heterocycles. The van der Waals surface area contributed by atoms with Crippen LogP contribution in [0.3, 0.4) is 0 Å². The number of nitro groups is 1. The fourth-order valence-electron chi connectivity index (χ4n) is 4.60. The molecule has 5 rings (SSSR count). The van der Waals surface area contributed by atoms with Gasteiger partial charge in [0.1, 0.15) is 5.75 Å². The molecule has 8 nitrogen and oxygen atoms in total. The molecule has 1 aromatic heterocycles. The Balaban J connectivity index is 1.05. The number of anilines is 1. The van der Waals surface area contributed by atoms with Gasteiger partial charge in [0.2, 0.25) is 0 Å². The monoisotopic (exact) mass is 483 g/mol. The maximum atomic E-state index is 11.5. The summed E-state index contributed by atoms with van der Waals surface area (Å²) in [6, 6.07) is 13.7. The fourth-order valence-corrected chi connectivity index (χ4v) is 5.41. The highest BCUT2D eigenvalue weighted by Gasteiger charge is 2.27. The third-order valence-electron chi connectivity index (χ3n) is 6.40. The van der Waals surface area contributed by atoms with E-state index in [4.69, 9.17) is 14.2 Å². The van der Waals surface area contributed by atoms with Crippen molar-refractivity contribution >= 4 is 32.8 Å². The van der Waals surface area contributed by atoms with E-state index in [9.17, 15) is 10.1 Å². The second kappa shape index (κ2) is 10.7. The number of nitro benzene ring substituents is 1. The number of unbranched alkanes of at least 4 members (excludes halogenated alkanes) is 1. The summed E-state index contributed by atoms with van der Waals surface area (Å²) in [5.74, 6) is 0.504. The lowest BCUT2D eigenvalue weighted by atomic mass is 10.1. The number of benzene rings is 2. The summed E-state index contributed by atoms with van der Waals surface area (Å²) in [6.45, 7) is 6.65. The second-order valence-corrected chi connectivity index (χ2v) is 9.49. The standard InChI is InChI=1S/C25H29N3O5S/c29-28(30)23-18-19(6-7-21(23)25-32-15-16-33-25)31-14-2-1-9-26-10-12-27(13-11-26)22-4-3-5-24-20(22)8-17-34-24/h3-8,17-18,25H,1-2,9-16H2. The van der Waals surface area contributed by atoms with Crippen molar-refractivity contribution in [2.45, 2.75) is 19.1 Å². The highest BCUT2D eigenvalue weighted by molar-refractivity contribution is 7.17. The summed E-state index contributed by atoms with van der Waals surface area (Å²) in [5.41, 5.74) is 1.75. The van der Waals surface area contributed by atoms with Gasteiger partial charge in [0.05, 0.1) is 36.4 Å². The minimum absolute atomic E-state index is 0.0274. The maximum Gasteiger partial charge on any atom is 0.281 e. The van der Waals surface area contributed by atoms with Crippen molar-refractivity contribution in [1.29, 1.82) is 0 Å². The Morgan fingerprint density at radius 3 is 2.68 bits per heavy atom. The summed E-state index contributed by atoms with van der Waals surface area (Å²) in [6.07, 6.45) is 1.26. The van der Waals surface area contributed by atoms with E-state index in [1.54, 1.807) is 23.5 Å². The first kappa shape index (κ1) is 23.0. The lowest BCUT2D eigenvalue weighted by Crippen LogP contribution is -2.46. The topological polar surface area (TPSA) is 77.3 Å². The van der Waals surface area contributed by atoms with E-state index < -0.39 is 11.2 Å². The molecule has 3 heterocycles. The lowest BCUT2D eigenvalue weighted by Gasteiger charge is -2.36. The van der Waals surface area contributed by atoms with Crippen LogP contribution in [-0.4, -0.2) is 62.4 Å². The molecular formula is C25H29N3O5S. The van der Waals surface area contributed by atoms with Crippen molar-refractivity contribution in [2.75, 3.05) is 57.4 Å². The Bertz CT molecular complexity index is 1120. The summed E-state index contributed by atoms with van der Waals surface area (Å²) in [5, 5.41) is 15.0. The van der Waals surface area contributed by atoms with Crippen LogP contribution >= 0.6 is 11.3 Å². The zero-order chi connectivity index (χ0) is 23.3. The molecule has 2 fully saturated rings. The van der Waals surface area contributed by atoms with Crippen molar-refractivity contribution in [1.82, 2.24) is 4.90 Å². The predicted molar refractivity (Wildman–Crippen MR) is 133 cm³/mol. The SMILES string of the molecule is O=[N+]([O-])c1cc(OCCCCN2CCN(c3cccc4sccc34)CC2)ccc1C1OCCO1. The minimum atomic E-state index is -0.673. The Morgan fingerprint density at radius 1 is 1.06 bits per heavy atom. The van der Waals surface area contributed by atoms with Crippen molar-refractivity contribution in [3.63, 3.8) is 0 Å². The first-order valence-corrected chi connectivity index (χ1v) is 12.6. The molecular weight excluding hydrogens is 454 g/mol. The molecule has 2 aromatic carbocycles. The van der Waals surface area contributed by atoms with Gasteiger partial charge in [-0.15, -0.1) is 11.3 Å². The van der Waals surface area contributed by atoms with Crippen molar-refractivity contribution < 1.29 is 19.1 Å². The maximum absolute atomic E-state index is 11.5. The Morgan fingerprint density at radius 2 is 1.88 bits per heavy atom. The van der Waals surface area contributed by atoms with Gasteiger partial charge >= 0.3 is 0 Å². The number of ether oxygens (including phenoxy) is 3. The third kappa shape index (κ3) is 5.17. The molecule has 0 N–H and O–H groups in total. The molecule has 34 heavy (non-hydrogen) atoms. The van der Waals surface area contributed by atoms with Gasteiger partial charge in [0.15, 0.2) is 6.29 Å². The Kier molecular flexibility index (Phi) is 7.24. The smallest absolute Gasteiger partial charge is 0.281 e. The first-order chi connectivity index (χ1) is 16.7. The number of nitrogens with zero attached hydrogens (tertiary/aromatic N) is 3. The van der Waals surface area contributed by atoms with Crippen molar-refractivity contribution in [3.05, 3.63) is 63.5 Å². The highest BCUT2D eigenvalue weighted by atomic mass is 32.1. The molecule has 0 saturated carbocycles. The second-order valence-electron chi connectivity index (χ2n) is 8.55. The zero-order valence-corrected chi connectivity index (χ0v) is 19.9. The number of hydrogen-bond acceptors (Lipinski definition) is 8. The van der Waals surface area contributed by atoms with Gasteiger partial charge in [0, 0.05) is 42.0 Å². The zero-order valence-electron chi connectivity index (χ0n) is 19.1. The van der Waals surface area contributed by atoms with Gasteiger partial charge in [-0.3, -0.25) is 15.0 Å². The van der Waals surface area contributed by atoms with E-state index in [1.165, 1.54) is 21.8 Å². The van der Waals surface area contributed by atoms with Gasteiger partial charge in [-0.1, -0.05) is 6.07 Å². The van der Waals surface area contributed by atoms with Crippen LogP contribution in [0, 0.1) is 10.1 Å². The Labute approximate surface area is 202 Å². The molecule has 180 valence electrons. The van der Waals surface area contributed by atoms with Gasteiger partial charge in [-0.25, -0.2) is 0 Å². The van der Waals surface area contributed by atoms with E-state index >= 15 is 0 Å². The van der Waals surface area contributed by atoms with Crippen LogP contribution < -0.4 is 9.64 Å². The van der Waals surface area contributed by atoms with Gasteiger partial charge < -0.3 is 19.1 Å². The number of piperazine rings is 1.